The van der Waals surface area contributed by atoms with E-state index in [1.807, 2.05) is 0 Å². The summed E-state index contributed by atoms with van der Waals surface area (Å²) in [5, 5.41) is -0.120. The molecule has 0 unspecified atom stereocenters. The molecule has 0 aliphatic carbocycles. The van der Waals surface area contributed by atoms with E-state index in [0.717, 1.165) is 0 Å². The molecular weight excluding hydrogens is 314 g/mol. The van der Waals surface area contributed by atoms with Gasteiger partial charge in [-0.25, -0.2) is 4.98 Å². The summed E-state index contributed by atoms with van der Waals surface area (Å²) in [6.07, 6.45) is 4.12. The van der Waals surface area contributed by atoms with Gasteiger partial charge < -0.3 is 0 Å². The molecule has 0 aromatic carbocycles. The second-order valence-corrected chi connectivity index (χ2v) is 4.86. The molecule has 0 spiro atoms. The van der Waals surface area contributed by atoms with E-state index in [-0.39, 0.29) is 27.9 Å². The van der Waals surface area contributed by atoms with Gasteiger partial charge in [-0.2, -0.15) is 8.78 Å². The van der Waals surface area contributed by atoms with Crippen molar-refractivity contribution < 1.29 is 18.4 Å². The topological polar surface area (TPSA) is 84.0 Å². The molecule has 2 N–H and O–H groups in total. The van der Waals surface area contributed by atoms with E-state index in [1.165, 1.54) is 36.8 Å². The zero-order chi connectivity index (χ0) is 15.9. The molecule has 0 bridgehead atoms. The summed E-state index contributed by atoms with van der Waals surface area (Å²) in [4.78, 5) is 31.2. The van der Waals surface area contributed by atoms with Crippen LogP contribution in [0.15, 0.2) is 47.9 Å². The third-order valence-corrected chi connectivity index (χ3v) is 3.16. The quantitative estimate of drug-likeness (QED) is 0.662. The summed E-state index contributed by atoms with van der Waals surface area (Å²) >= 11 is 0.156. The third-order valence-electron chi connectivity index (χ3n) is 2.43. The Morgan fingerprint density at radius 2 is 1.82 bits per heavy atom. The highest BCUT2D eigenvalue weighted by atomic mass is 32.2. The lowest BCUT2D eigenvalue weighted by atomic mass is 10.2. The van der Waals surface area contributed by atoms with E-state index in [4.69, 9.17) is 0 Å². The average Bonchev–Trinajstić information content (AvgIpc) is 2.53. The summed E-state index contributed by atoms with van der Waals surface area (Å²) in [6.45, 7) is 0. The monoisotopic (exact) mass is 324 g/mol. The van der Waals surface area contributed by atoms with E-state index in [2.05, 4.69) is 20.8 Å². The largest absolute Gasteiger partial charge is 0.290 e. The normalized spacial score (nSPS) is 10.3. The second kappa shape index (κ2) is 7.46. The van der Waals surface area contributed by atoms with Gasteiger partial charge in [-0.3, -0.25) is 25.4 Å². The van der Waals surface area contributed by atoms with Crippen LogP contribution < -0.4 is 10.9 Å². The second-order valence-electron chi connectivity index (χ2n) is 3.88. The van der Waals surface area contributed by atoms with Gasteiger partial charge in [0.2, 0.25) is 0 Å². The lowest BCUT2D eigenvalue weighted by molar-refractivity contribution is 0.0844. The van der Waals surface area contributed by atoms with Crippen molar-refractivity contribution in [2.75, 3.05) is 0 Å². The molecule has 0 aliphatic heterocycles. The summed E-state index contributed by atoms with van der Waals surface area (Å²) in [5.41, 5.74) is 4.51. The zero-order valence-corrected chi connectivity index (χ0v) is 11.8. The van der Waals surface area contributed by atoms with Crippen LogP contribution in [0.1, 0.15) is 20.7 Å². The van der Waals surface area contributed by atoms with E-state index in [9.17, 15) is 18.4 Å². The van der Waals surface area contributed by atoms with Crippen LogP contribution in [0.3, 0.4) is 0 Å². The van der Waals surface area contributed by atoms with Crippen molar-refractivity contribution in [1.29, 1.82) is 0 Å². The van der Waals surface area contributed by atoms with E-state index >= 15 is 0 Å². The summed E-state index contributed by atoms with van der Waals surface area (Å²) in [7, 11) is 0. The highest BCUT2D eigenvalue weighted by molar-refractivity contribution is 7.99. The maximum atomic E-state index is 12.4. The number of nitrogens with zero attached hydrogens (tertiary/aromatic N) is 2. The molecule has 2 heterocycles. The first-order valence-corrected chi connectivity index (χ1v) is 6.86. The number of thioether (sulfide) groups is 1. The van der Waals surface area contributed by atoms with Crippen LogP contribution in [-0.4, -0.2) is 27.5 Å². The zero-order valence-electron chi connectivity index (χ0n) is 11.0. The van der Waals surface area contributed by atoms with Crippen molar-refractivity contribution in [3.05, 3.63) is 54.0 Å². The van der Waals surface area contributed by atoms with Gasteiger partial charge in [0.1, 0.15) is 5.03 Å². The minimum Gasteiger partial charge on any atom is -0.267 e. The van der Waals surface area contributed by atoms with Gasteiger partial charge in [0.05, 0.1) is 11.1 Å². The Kier molecular flexibility index (Phi) is 5.37. The fourth-order valence-electron chi connectivity index (χ4n) is 1.49. The van der Waals surface area contributed by atoms with Crippen molar-refractivity contribution in [2.45, 2.75) is 10.8 Å². The Hall–Kier alpha value is -2.55. The van der Waals surface area contributed by atoms with Crippen molar-refractivity contribution in [3.8, 4) is 0 Å². The predicted octanol–water partition coefficient (Wildman–Crippen LogP) is 1.87. The fourth-order valence-corrected chi connectivity index (χ4v) is 2.07. The van der Waals surface area contributed by atoms with Gasteiger partial charge in [-0.1, -0.05) is 0 Å². The van der Waals surface area contributed by atoms with Crippen LogP contribution in [0, 0.1) is 0 Å². The van der Waals surface area contributed by atoms with Gasteiger partial charge in [-0.15, -0.1) is 0 Å². The first kappa shape index (κ1) is 15.8. The molecule has 114 valence electrons. The van der Waals surface area contributed by atoms with Crippen LogP contribution >= 0.6 is 11.8 Å². The highest BCUT2D eigenvalue weighted by Crippen LogP contribution is 2.25. The number of pyridine rings is 2. The number of hydrazine groups is 1. The first-order chi connectivity index (χ1) is 10.6. The number of rotatable bonds is 4. The lowest BCUT2D eigenvalue weighted by Gasteiger charge is -2.09. The third kappa shape index (κ3) is 4.22. The van der Waals surface area contributed by atoms with E-state index < -0.39 is 17.6 Å². The summed E-state index contributed by atoms with van der Waals surface area (Å²) in [5.74, 6) is -4.02. The molecule has 0 aliphatic rings. The number of amides is 2. The molecule has 0 saturated carbocycles. The van der Waals surface area contributed by atoms with Crippen LogP contribution in [-0.2, 0) is 0 Å². The molecule has 2 aromatic heterocycles. The molecule has 0 fully saturated rings. The summed E-state index contributed by atoms with van der Waals surface area (Å²) < 4.78 is 24.8. The number of carbonyl (C=O) groups is 2. The fraction of sp³-hybridized carbons (Fsp3) is 0.0769. The summed E-state index contributed by atoms with van der Waals surface area (Å²) in [6, 6.07) is 5.85. The molecule has 9 heteroatoms. The number of alkyl halides is 2. The Balaban J connectivity index is 2.02. The molecule has 6 nitrogen and oxygen atoms in total. The first-order valence-electron chi connectivity index (χ1n) is 5.98. The Morgan fingerprint density at radius 1 is 1.09 bits per heavy atom. The molecular formula is C13H10F2N4O2S. The van der Waals surface area contributed by atoms with Gasteiger partial charge in [0.25, 0.3) is 17.6 Å². The number of carbonyl (C=O) groups excluding carboxylic acids is 2. The van der Waals surface area contributed by atoms with E-state index in [0.29, 0.717) is 0 Å². The van der Waals surface area contributed by atoms with Gasteiger partial charge in [0, 0.05) is 18.6 Å². The van der Waals surface area contributed by atoms with Crippen molar-refractivity contribution in [1.82, 2.24) is 20.8 Å². The number of halogens is 2. The van der Waals surface area contributed by atoms with Crippen molar-refractivity contribution in [3.63, 3.8) is 0 Å². The van der Waals surface area contributed by atoms with E-state index in [1.54, 1.807) is 6.07 Å². The Labute approximate surface area is 128 Å². The predicted molar refractivity (Wildman–Crippen MR) is 75.3 cm³/mol. The smallest absolute Gasteiger partial charge is 0.267 e. The molecule has 0 atom stereocenters. The molecule has 2 amide bonds. The molecule has 0 saturated heterocycles. The average molecular weight is 324 g/mol. The van der Waals surface area contributed by atoms with Crippen LogP contribution in [0.4, 0.5) is 8.78 Å². The molecule has 0 radical (unpaired) electrons. The highest BCUT2D eigenvalue weighted by Gasteiger charge is 2.17. The lowest BCUT2D eigenvalue weighted by Crippen LogP contribution is -2.41. The standard InChI is InChI=1S/C13H10F2N4O2S/c14-13(15)22-12-9(4-2-6-17-12)11(21)19-18-10(20)8-3-1-5-16-7-8/h1-7,13H,(H,18,20)(H,19,21). The van der Waals surface area contributed by atoms with Crippen LogP contribution in [0.2, 0.25) is 0 Å². The number of hydrogen-bond acceptors (Lipinski definition) is 5. The maximum absolute atomic E-state index is 12.4. The Bertz CT molecular complexity index is 670. The van der Waals surface area contributed by atoms with Crippen molar-refractivity contribution in [2.24, 2.45) is 0 Å². The number of hydrogen-bond donors (Lipinski definition) is 2. The van der Waals surface area contributed by atoms with Gasteiger partial charge >= 0.3 is 0 Å². The maximum Gasteiger partial charge on any atom is 0.290 e. The molecule has 2 aromatic rings. The number of nitrogens with one attached hydrogen (secondary N) is 2. The SMILES string of the molecule is O=C(NNC(=O)c1cccnc1SC(F)F)c1cccnc1. The van der Waals surface area contributed by atoms with Gasteiger partial charge in [-0.05, 0) is 36.0 Å². The van der Waals surface area contributed by atoms with Crippen LogP contribution in [0.25, 0.3) is 0 Å². The van der Waals surface area contributed by atoms with Crippen molar-refractivity contribution >= 4 is 23.6 Å². The Morgan fingerprint density at radius 3 is 2.50 bits per heavy atom. The molecule has 22 heavy (non-hydrogen) atoms. The van der Waals surface area contributed by atoms with Crippen LogP contribution in [0.5, 0.6) is 0 Å². The number of aromatic nitrogens is 2. The minimum absolute atomic E-state index is 0.0562. The van der Waals surface area contributed by atoms with Gasteiger partial charge in [0.15, 0.2) is 0 Å². The molecule has 2 rings (SSSR count). The minimum atomic E-state index is -2.70.